The molecule has 9 heteroatoms. The van der Waals surface area contributed by atoms with Gasteiger partial charge in [0.25, 0.3) is 0 Å². The molecule has 2 aromatic rings. The summed E-state index contributed by atoms with van der Waals surface area (Å²) in [6.45, 7) is 7.09. The van der Waals surface area contributed by atoms with Crippen LogP contribution in [-0.4, -0.2) is 34.2 Å². The monoisotopic (exact) mass is 454 g/mol. The summed E-state index contributed by atoms with van der Waals surface area (Å²) >= 11 is 0. The number of rotatable bonds is 8. The molecule has 2 aromatic carbocycles. The second-order valence-electron chi connectivity index (χ2n) is 7.76. The van der Waals surface area contributed by atoms with Gasteiger partial charge in [0, 0.05) is 6.07 Å². The number of carbonyl (C=O) groups excluding carboxylic acids is 1. The van der Waals surface area contributed by atoms with E-state index in [0.29, 0.717) is 10.4 Å². The van der Waals surface area contributed by atoms with Gasteiger partial charge in [0.1, 0.15) is 23.9 Å². The van der Waals surface area contributed by atoms with Crippen molar-refractivity contribution in [2.45, 2.75) is 39.7 Å². The Hall–Kier alpha value is -2.68. The number of halogens is 2. The predicted molar refractivity (Wildman–Crippen MR) is 117 cm³/mol. The number of amides is 1. The number of methoxy groups -OCH3 is 1. The summed E-state index contributed by atoms with van der Waals surface area (Å²) in [5.74, 6) is -1.59. The van der Waals surface area contributed by atoms with Gasteiger partial charge in [-0.05, 0) is 60.7 Å². The van der Waals surface area contributed by atoms with E-state index in [1.54, 1.807) is 14.0 Å². The van der Waals surface area contributed by atoms with Gasteiger partial charge in [0.2, 0.25) is 15.9 Å². The third-order valence-electron chi connectivity index (χ3n) is 4.95. The van der Waals surface area contributed by atoms with Crippen molar-refractivity contribution in [3.63, 3.8) is 0 Å². The molecule has 0 aliphatic rings. The Labute approximate surface area is 182 Å². The molecule has 31 heavy (non-hydrogen) atoms. The summed E-state index contributed by atoms with van der Waals surface area (Å²) < 4.78 is 57.8. The molecule has 0 aliphatic heterocycles. The van der Waals surface area contributed by atoms with Gasteiger partial charge >= 0.3 is 0 Å². The molecule has 1 atom stereocenters. The smallest absolute Gasteiger partial charge is 0.241 e. The van der Waals surface area contributed by atoms with Crippen LogP contribution in [-0.2, 0) is 14.8 Å². The van der Waals surface area contributed by atoms with E-state index in [4.69, 9.17) is 4.74 Å². The summed E-state index contributed by atoms with van der Waals surface area (Å²) in [6, 6.07) is 5.91. The predicted octanol–water partition coefficient (Wildman–Crippen LogP) is 4.05. The van der Waals surface area contributed by atoms with E-state index in [0.717, 1.165) is 40.8 Å². The van der Waals surface area contributed by atoms with E-state index >= 15 is 0 Å². The first-order valence-corrected chi connectivity index (χ1v) is 11.6. The van der Waals surface area contributed by atoms with Crippen molar-refractivity contribution in [1.82, 2.24) is 5.32 Å². The fraction of sp³-hybridized carbons (Fsp3) is 0.409. The lowest BCUT2D eigenvalue weighted by molar-refractivity contribution is -0.120. The highest BCUT2D eigenvalue weighted by molar-refractivity contribution is 7.92. The lowest BCUT2D eigenvalue weighted by Gasteiger charge is -2.25. The third-order valence-corrected chi connectivity index (χ3v) is 6.08. The number of ether oxygens (including phenoxy) is 1. The molecule has 6 nitrogen and oxygen atoms in total. The van der Waals surface area contributed by atoms with Crippen molar-refractivity contribution in [2.75, 3.05) is 24.2 Å². The molecule has 0 spiro atoms. The number of aryl methyl sites for hydroxylation is 1. The zero-order chi connectivity index (χ0) is 23.5. The van der Waals surface area contributed by atoms with Gasteiger partial charge in [0.15, 0.2) is 0 Å². The number of sulfonamides is 1. The number of nitrogens with zero attached hydrogens (tertiary/aromatic N) is 1. The van der Waals surface area contributed by atoms with Gasteiger partial charge in [0.05, 0.1) is 25.1 Å². The van der Waals surface area contributed by atoms with Crippen molar-refractivity contribution >= 4 is 21.6 Å². The molecular formula is C22H28F2N2O4S. The van der Waals surface area contributed by atoms with Crippen molar-refractivity contribution in [1.29, 1.82) is 0 Å². The highest BCUT2D eigenvalue weighted by atomic mass is 32.2. The lowest BCUT2D eigenvalue weighted by Crippen LogP contribution is -2.41. The summed E-state index contributed by atoms with van der Waals surface area (Å²) in [5.41, 5.74) is 2.35. The van der Waals surface area contributed by atoms with Gasteiger partial charge in [-0.3, -0.25) is 9.10 Å². The van der Waals surface area contributed by atoms with E-state index in [1.165, 1.54) is 0 Å². The van der Waals surface area contributed by atoms with E-state index < -0.39 is 45.8 Å². The molecule has 0 radical (unpaired) electrons. The van der Waals surface area contributed by atoms with Crippen LogP contribution in [0.15, 0.2) is 30.3 Å². The minimum Gasteiger partial charge on any atom is -0.496 e. The highest BCUT2D eigenvalue weighted by Gasteiger charge is 2.25. The van der Waals surface area contributed by atoms with Crippen LogP contribution in [0.3, 0.4) is 0 Å². The van der Waals surface area contributed by atoms with Gasteiger partial charge in [-0.25, -0.2) is 17.2 Å². The number of carbonyl (C=O) groups is 1. The Bertz CT molecular complexity index is 1070. The minimum absolute atomic E-state index is 0.194. The van der Waals surface area contributed by atoms with Crippen LogP contribution in [0.5, 0.6) is 5.75 Å². The van der Waals surface area contributed by atoms with E-state index in [1.807, 2.05) is 32.9 Å². The van der Waals surface area contributed by atoms with Crippen LogP contribution in [0.25, 0.3) is 0 Å². The second kappa shape index (κ2) is 9.64. The Morgan fingerprint density at radius 2 is 1.77 bits per heavy atom. The van der Waals surface area contributed by atoms with Crippen molar-refractivity contribution in [3.05, 3.63) is 58.7 Å². The molecule has 1 amide bonds. The molecule has 0 saturated heterocycles. The maximum atomic E-state index is 14.2. The average Bonchev–Trinajstić information content (AvgIpc) is 2.65. The van der Waals surface area contributed by atoms with Crippen LogP contribution in [0.1, 0.15) is 49.4 Å². The molecular weight excluding hydrogens is 426 g/mol. The maximum Gasteiger partial charge on any atom is 0.241 e. The fourth-order valence-corrected chi connectivity index (χ4v) is 4.23. The number of anilines is 1. The van der Waals surface area contributed by atoms with Gasteiger partial charge in [-0.1, -0.05) is 13.8 Å². The number of nitrogens with one attached hydrogen (secondary N) is 1. The van der Waals surface area contributed by atoms with Crippen LogP contribution >= 0.6 is 0 Å². The molecule has 0 bridgehead atoms. The fourth-order valence-electron chi connectivity index (χ4n) is 3.37. The number of hydrogen-bond donors (Lipinski definition) is 1. The zero-order valence-electron chi connectivity index (χ0n) is 18.5. The molecule has 170 valence electrons. The molecule has 0 aliphatic carbocycles. The summed E-state index contributed by atoms with van der Waals surface area (Å²) in [7, 11) is -2.39. The van der Waals surface area contributed by atoms with Gasteiger partial charge in [-0.2, -0.15) is 0 Å². The lowest BCUT2D eigenvalue weighted by atomic mass is 9.93. The van der Waals surface area contributed by atoms with Gasteiger partial charge < -0.3 is 10.1 Å². The van der Waals surface area contributed by atoms with Crippen LogP contribution in [0.4, 0.5) is 14.5 Å². The van der Waals surface area contributed by atoms with Gasteiger partial charge in [-0.15, -0.1) is 0 Å². The molecule has 0 heterocycles. The first-order valence-electron chi connectivity index (χ1n) is 9.75. The maximum absolute atomic E-state index is 14.2. The summed E-state index contributed by atoms with van der Waals surface area (Å²) in [6.07, 6.45) is 0.856. The Balaban J connectivity index is 2.28. The third kappa shape index (κ3) is 5.94. The van der Waals surface area contributed by atoms with E-state index in [2.05, 4.69) is 5.32 Å². The van der Waals surface area contributed by atoms with Crippen LogP contribution in [0.2, 0.25) is 0 Å². The van der Waals surface area contributed by atoms with Crippen molar-refractivity contribution in [3.8, 4) is 5.75 Å². The number of hydrogen-bond acceptors (Lipinski definition) is 4. The van der Waals surface area contributed by atoms with Crippen molar-refractivity contribution < 1.29 is 26.7 Å². The Morgan fingerprint density at radius 1 is 1.13 bits per heavy atom. The molecule has 0 aromatic heterocycles. The molecule has 1 unspecified atom stereocenters. The second-order valence-corrected chi connectivity index (χ2v) is 9.67. The highest BCUT2D eigenvalue weighted by Crippen LogP contribution is 2.32. The molecule has 2 rings (SSSR count). The zero-order valence-corrected chi connectivity index (χ0v) is 19.3. The summed E-state index contributed by atoms with van der Waals surface area (Å²) in [4.78, 5) is 12.7. The van der Waals surface area contributed by atoms with Crippen molar-refractivity contribution in [2.24, 2.45) is 0 Å². The first kappa shape index (κ1) is 24.6. The molecule has 0 fully saturated rings. The molecule has 1 N–H and O–H groups in total. The SMILES string of the molecule is COc1cc(C)c(C(C)NC(=O)CN(c2ccc(F)cc2F)S(C)(=O)=O)cc1C(C)C. The Kier molecular flexibility index (Phi) is 7.64. The normalized spacial score (nSPS) is 12.5. The van der Waals surface area contributed by atoms with Crippen LogP contribution in [0, 0.1) is 18.6 Å². The van der Waals surface area contributed by atoms with E-state index in [9.17, 15) is 22.0 Å². The first-order chi connectivity index (χ1) is 14.3. The number of benzene rings is 2. The topological polar surface area (TPSA) is 75.7 Å². The molecule has 0 saturated carbocycles. The summed E-state index contributed by atoms with van der Waals surface area (Å²) in [5, 5.41) is 2.76. The van der Waals surface area contributed by atoms with Crippen LogP contribution < -0.4 is 14.4 Å². The quantitative estimate of drug-likeness (QED) is 0.653. The minimum atomic E-state index is -3.99. The van der Waals surface area contributed by atoms with E-state index in [-0.39, 0.29) is 5.92 Å². The standard InChI is InChI=1S/C22H28F2N2O4S/c1-13(2)17-11-18(14(3)9-21(17)30-5)15(4)25-22(27)12-26(31(6,28)29)20-8-7-16(23)10-19(20)24/h7-11,13,15H,12H2,1-6H3,(H,25,27). The Morgan fingerprint density at radius 3 is 2.29 bits per heavy atom. The average molecular weight is 455 g/mol. The largest absolute Gasteiger partial charge is 0.496 e.